The number of piperidine rings is 1. The van der Waals surface area contributed by atoms with Gasteiger partial charge in [0.15, 0.2) is 0 Å². The fourth-order valence-corrected chi connectivity index (χ4v) is 4.05. The Morgan fingerprint density at radius 3 is 2.52 bits per heavy atom. The van der Waals surface area contributed by atoms with Gasteiger partial charge in [0, 0.05) is 25.7 Å². The second-order valence-electron chi connectivity index (χ2n) is 7.92. The van der Waals surface area contributed by atoms with Gasteiger partial charge in [-0.15, -0.1) is 0 Å². The Morgan fingerprint density at radius 1 is 1.30 bits per heavy atom. The van der Waals surface area contributed by atoms with Crippen LogP contribution < -0.4 is 4.90 Å². The van der Waals surface area contributed by atoms with Crippen molar-refractivity contribution in [2.45, 2.75) is 52.6 Å². The summed E-state index contributed by atoms with van der Waals surface area (Å²) in [6, 6.07) is 1.99. The molecule has 5 nitrogen and oxygen atoms in total. The second-order valence-corrected chi connectivity index (χ2v) is 7.92. The predicted molar refractivity (Wildman–Crippen MR) is 89.1 cm³/mol. The Balaban J connectivity index is 1.64. The van der Waals surface area contributed by atoms with Crippen molar-refractivity contribution in [3.05, 3.63) is 18.1 Å². The number of fused-ring (bicyclic) bond motifs is 2. The number of rotatable bonds is 3. The van der Waals surface area contributed by atoms with Gasteiger partial charge < -0.3 is 9.64 Å². The molecule has 1 aliphatic heterocycles. The molecule has 0 spiro atoms. The number of aryl methyl sites for hydroxylation is 1. The van der Waals surface area contributed by atoms with Gasteiger partial charge in [0.2, 0.25) is 0 Å². The molecule has 2 bridgehead atoms. The van der Waals surface area contributed by atoms with Gasteiger partial charge in [0.25, 0.3) is 0 Å². The van der Waals surface area contributed by atoms with Crippen LogP contribution in [-0.4, -0.2) is 34.6 Å². The molecule has 1 aromatic heterocycles. The molecule has 5 heteroatoms. The number of esters is 1. The molecule has 0 aromatic carbocycles. The lowest BCUT2D eigenvalue weighted by atomic mass is 9.82. The van der Waals surface area contributed by atoms with Crippen LogP contribution in [0.2, 0.25) is 0 Å². The normalized spacial score (nSPS) is 27.1. The number of anilines is 1. The Bertz CT molecular complexity index is 568. The SMILES string of the molecule is Cc1nccc(N2C[C@H]3CC[C@@H](C2)C3CC(=O)OC(C)(C)C)n1. The summed E-state index contributed by atoms with van der Waals surface area (Å²) in [7, 11) is 0. The molecule has 2 heterocycles. The molecule has 0 radical (unpaired) electrons. The van der Waals surface area contributed by atoms with Crippen molar-refractivity contribution in [1.82, 2.24) is 9.97 Å². The highest BCUT2D eigenvalue weighted by Gasteiger charge is 2.43. The molecule has 1 saturated heterocycles. The topological polar surface area (TPSA) is 55.3 Å². The van der Waals surface area contributed by atoms with Crippen LogP contribution in [0.3, 0.4) is 0 Å². The van der Waals surface area contributed by atoms with Crippen molar-refractivity contribution >= 4 is 11.8 Å². The number of carbonyl (C=O) groups is 1. The van der Waals surface area contributed by atoms with E-state index in [1.54, 1.807) is 0 Å². The maximum Gasteiger partial charge on any atom is 0.306 e. The fraction of sp³-hybridized carbons (Fsp3) is 0.722. The van der Waals surface area contributed by atoms with Crippen molar-refractivity contribution in [3.63, 3.8) is 0 Å². The number of carbonyl (C=O) groups excluding carboxylic acids is 1. The molecule has 1 saturated carbocycles. The van der Waals surface area contributed by atoms with E-state index in [0.717, 1.165) is 24.7 Å². The zero-order valence-electron chi connectivity index (χ0n) is 14.6. The highest BCUT2D eigenvalue weighted by atomic mass is 16.6. The lowest BCUT2D eigenvalue weighted by Crippen LogP contribution is -2.43. The molecule has 2 fully saturated rings. The predicted octanol–water partition coefficient (Wildman–Crippen LogP) is 2.98. The molecular weight excluding hydrogens is 290 g/mol. The smallest absolute Gasteiger partial charge is 0.306 e. The fourth-order valence-electron chi connectivity index (χ4n) is 4.05. The van der Waals surface area contributed by atoms with Crippen molar-refractivity contribution in [1.29, 1.82) is 0 Å². The van der Waals surface area contributed by atoms with Gasteiger partial charge in [-0.25, -0.2) is 9.97 Å². The minimum absolute atomic E-state index is 0.0502. The second kappa shape index (κ2) is 6.10. The van der Waals surface area contributed by atoms with E-state index >= 15 is 0 Å². The number of aromatic nitrogens is 2. The summed E-state index contributed by atoms with van der Waals surface area (Å²) < 4.78 is 5.52. The van der Waals surface area contributed by atoms with Crippen molar-refractivity contribution < 1.29 is 9.53 Å². The lowest BCUT2D eigenvalue weighted by molar-refractivity contribution is -0.156. The van der Waals surface area contributed by atoms with E-state index in [0.29, 0.717) is 24.2 Å². The average Bonchev–Trinajstić information content (AvgIpc) is 2.68. The average molecular weight is 317 g/mol. The number of nitrogens with zero attached hydrogens (tertiary/aromatic N) is 3. The van der Waals surface area contributed by atoms with Crippen LogP contribution in [-0.2, 0) is 9.53 Å². The molecule has 126 valence electrons. The van der Waals surface area contributed by atoms with Gasteiger partial charge in [-0.2, -0.15) is 0 Å². The number of hydrogen-bond donors (Lipinski definition) is 0. The summed E-state index contributed by atoms with van der Waals surface area (Å²) in [5.41, 5.74) is -0.394. The number of ether oxygens (including phenoxy) is 1. The Kier molecular flexibility index (Phi) is 4.30. The van der Waals surface area contributed by atoms with E-state index in [1.165, 1.54) is 12.8 Å². The highest BCUT2D eigenvalue weighted by Crippen LogP contribution is 2.44. The molecule has 1 unspecified atom stereocenters. The Morgan fingerprint density at radius 2 is 1.96 bits per heavy atom. The van der Waals surface area contributed by atoms with Gasteiger partial charge in [-0.1, -0.05) is 0 Å². The van der Waals surface area contributed by atoms with Crippen LogP contribution in [0.4, 0.5) is 5.82 Å². The zero-order valence-corrected chi connectivity index (χ0v) is 14.6. The maximum absolute atomic E-state index is 12.2. The summed E-state index contributed by atoms with van der Waals surface area (Å²) in [4.78, 5) is 23.3. The first-order valence-corrected chi connectivity index (χ1v) is 8.58. The van der Waals surface area contributed by atoms with E-state index in [9.17, 15) is 4.79 Å². The van der Waals surface area contributed by atoms with Crippen LogP contribution >= 0.6 is 0 Å². The van der Waals surface area contributed by atoms with Crippen molar-refractivity contribution in [2.75, 3.05) is 18.0 Å². The summed E-state index contributed by atoms with van der Waals surface area (Å²) in [5.74, 6) is 3.37. The quantitative estimate of drug-likeness (QED) is 0.802. The zero-order chi connectivity index (χ0) is 16.6. The molecule has 1 aliphatic carbocycles. The maximum atomic E-state index is 12.2. The third-order valence-electron chi connectivity index (χ3n) is 4.94. The van der Waals surface area contributed by atoms with Gasteiger partial charge in [-0.05, 0) is 64.4 Å². The molecule has 3 atom stereocenters. The molecular formula is C18H27N3O2. The third kappa shape index (κ3) is 3.82. The van der Waals surface area contributed by atoms with Crippen LogP contribution in [0.15, 0.2) is 12.3 Å². The summed E-state index contributed by atoms with van der Waals surface area (Å²) in [6.07, 6.45) is 4.80. The first-order chi connectivity index (χ1) is 10.8. The summed E-state index contributed by atoms with van der Waals surface area (Å²) >= 11 is 0. The largest absolute Gasteiger partial charge is 0.460 e. The van der Waals surface area contributed by atoms with Gasteiger partial charge in [-0.3, -0.25) is 4.79 Å². The van der Waals surface area contributed by atoms with Crippen LogP contribution in [0, 0.1) is 24.7 Å². The molecule has 0 amide bonds. The van der Waals surface area contributed by atoms with Crippen molar-refractivity contribution in [3.8, 4) is 0 Å². The number of hydrogen-bond acceptors (Lipinski definition) is 5. The summed E-state index contributed by atoms with van der Waals surface area (Å²) in [5, 5.41) is 0. The summed E-state index contributed by atoms with van der Waals surface area (Å²) in [6.45, 7) is 9.69. The monoisotopic (exact) mass is 317 g/mol. The van der Waals surface area contributed by atoms with Gasteiger partial charge in [0.1, 0.15) is 17.2 Å². The van der Waals surface area contributed by atoms with E-state index in [2.05, 4.69) is 14.9 Å². The standard InChI is InChI=1S/C18H27N3O2/c1-12-19-8-7-16(20-12)21-10-13-5-6-14(11-21)15(13)9-17(22)23-18(2,3)4/h7-8,13-15H,5-6,9-11H2,1-4H3/t13-,14+,15?. The molecule has 0 N–H and O–H groups in total. The third-order valence-corrected chi connectivity index (χ3v) is 4.94. The molecule has 2 aliphatic rings. The molecule has 3 rings (SSSR count). The first-order valence-electron chi connectivity index (χ1n) is 8.58. The highest BCUT2D eigenvalue weighted by molar-refractivity contribution is 5.70. The van der Waals surface area contributed by atoms with Crippen molar-refractivity contribution in [2.24, 2.45) is 17.8 Å². The molecule has 23 heavy (non-hydrogen) atoms. The van der Waals surface area contributed by atoms with E-state index in [-0.39, 0.29) is 5.97 Å². The minimum Gasteiger partial charge on any atom is -0.460 e. The lowest BCUT2D eigenvalue weighted by Gasteiger charge is -2.38. The van der Waals surface area contributed by atoms with E-state index in [4.69, 9.17) is 4.74 Å². The first kappa shape index (κ1) is 16.2. The Hall–Kier alpha value is -1.65. The van der Waals surface area contributed by atoms with Crippen LogP contribution in [0.25, 0.3) is 0 Å². The minimum atomic E-state index is -0.394. The van der Waals surface area contributed by atoms with E-state index < -0.39 is 5.60 Å². The molecule has 1 aromatic rings. The Labute approximate surface area is 138 Å². The van der Waals surface area contributed by atoms with E-state index in [1.807, 2.05) is 40.0 Å². The van der Waals surface area contributed by atoms with Gasteiger partial charge in [0.05, 0.1) is 0 Å². The van der Waals surface area contributed by atoms with Gasteiger partial charge >= 0.3 is 5.97 Å². The van der Waals surface area contributed by atoms with Crippen LogP contribution in [0.5, 0.6) is 0 Å². The van der Waals surface area contributed by atoms with Crippen LogP contribution in [0.1, 0.15) is 45.9 Å².